The summed E-state index contributed by atoms with van der Waals surface area (Å²) < 4.78 is 9.48. The first-order valence-electron chi connectivity index (χ1n) is 9.83. The average molecular weight is 421 g/mol. The van der Waals surface area contributed by atoms with Gasteiger partial charge < -0.3 is 20.1 Å². The third-order valence-corrected chi connectivity index (χ3v) is 4.21. The van der Waals surface area contributed by atoms with Gasteiger partial charge in [0.1, 0.15) is 23.5 Å². The van der Waals surface area contributed by atoms with Crippen molar-refractivity contribution >= 4 is 23.8 Å². The smallest absolute Gasteiger partial charge is 0.328 e. The Bertz CT molecular complexity index is 704. The van der Waals surface area contributed by atoms with E-state index in [-0.39, 0.29) is 23.2 Å². The van der Waals surface area contributed by atoms with Crippen molar-refractivity contribution in [2.75, 3.05) is 14.2 Å². The van der Waals surface area contributed by atoms with Crippen LogP contribution in [0.25, 0.3) is 0 Å². The maximum Gasteiger partial charge on any atom is 0.328 e. The molecule has 0 saturated carbocycles. The SMILES string of the molecule is COC(=O)[C@H](CC(C)C)NC(=O)c1cccc(C(=O)N[C@H](CC(C)C)C(=O)OC)n1. The summed E-state index contributed by atoms with van der Waals surface area (Å²) >= 11 is 0. The molecule has 0 spiro atoms. The van der Waals surface area contributed by atoms with Crippen LogP contribution in [0.3, 0.4) is 0 Å². The topological polar surface area (TPSA) is 124 Å². The van der Waals surface area contributed by atoms with E-state index in [4.69, 9.17) is 9.47 Å². The summed E-state index contributed by atoms with van der Waals surface area (Å²) in [5.41, 5.74) is -0.0578. The monoisotopic (exact) mass is 421 g/mol. The van der Waals surface area contributed by atoms with Crippen LogP contribution >= 0.6 is 0 Å². The number of rotatable bonds is 10. The molecular formula is C21H31N3O6. The van der Waals surface area contributed by atoms with Crippen molar-refractivity contribution in [3.05, 3.63) is 29.6 Å². The predicted molar refractivity (Wildman–Crippen MR) is 110 cm³/mol. The standard InChI is InChI=1S/C21H31N3O6/c1-12(2)10-16(20(27)29-5)23-18(25)14-8-7-9-15(22-14)19(26)24-17(11-13(3)4)21(28)30-6/h7-9,12-13,16-17H,10-11H2,1-6H3,(H,23,25)(H,24,26)/t16-,17+. The number of amides is 2. The fraction of sp³-hybridized carbons (Fsp3) is 0.571. The van der Waals surface area contributed by atoms with Crippen molar-refractivity contribution in [1.29, 1.82) is 0 Å². The van der Waals surface area contributed by atoms with E-state index in [1.807, 2.05) is 27.7 Å². The van der Waals surface area contributed by atoms with Crippen LogP contribution in [0.5, 0.6) is 0 Å². The Hall–Kier alpha value is -2.97. The van der Waals surface area contributed by atoms with Gasteiger partial charge in [0, 0.05) is 0 Å². The molecule has 166 valence electrons. The van der Waals surface area contributed by atoms with Crippen LogP contribution in [0, 0.1) is 11.8 Å². The number of methoxy groups -OCH3 is 2. The van der Waals surface area contributed by atoms with E-state index >= 15 is 0 Å². The van der Waals surface area contributed by atoms with Gasteiger partial charge in [-0.2, -0.15) is 0 Å². The zero-order valence-electron chi connectivity index (χ0n) is 18.4. The number of pyridine rings is 1. The van der Waals surface area contributed by atoms with E-state index in [2.05, 4.69) is 15.6 Å². The summed E-state index contributed by atoms with van der Waals surface area (Å²) in [6, 6.07) is 2.72. The summed E-state index contributed by atoms with van der Waals surface area (Å²) in [6.07, 6.45) is 0.795. The Balaban J connectivity index is 2.97. The highest BCUT2D eigenvalue weighted by molar-refractivity contribution is 5.98. The van der Waals surface area contributed by atoms with Crippen LogP contribution in [0.15, 0.2) is 18.2 Å². The number of carbonyl (C=O) groups excluding carboxylic acids is 4. The van der Waals surface area contributed by atoms with Gasteiger partial charge in [-0.3, -0.25) is 9.59 Å². The molecule has 0 unspecified atom stereocenters. The van der Waals surface area contributed by atoms with Crippen molar-refractivity contribution < 1.29 is 28.7 Å². The summed E-state index contributed by atoms with van der Waals surface area (Å²) in [5, 5.41) is 5.19. The second kappa shape index (κ2) is 11.9. The number of aromatic nitrogens is 1. The lowest BCUT2D eigenvalue weighted by Crippen LogP contribution is -2.43. The molecule has 30 heavy (non-hydrogen) atoms. The van der Waals surface area contributed by atoms with Gasteiger partial charge >= 0.3 is 11.9 Å². The Labute approximate surface area is 176 Å². The number of nitrogens with one attached hydrogen (secondary N) is 2. The highest BCUT2D eigenvalue weighted by Crippen LogP contribution is 2.10. The van der Waals surface area contributed by atoms with Crippen LogP contribution in [-0.2, 0) is 19.1 Å². The van der Waals surface area contributed by atoms with E-state index in [0.717, 1.165) is 0 Å². The molecule has 0 bridgehead atoms. The molecule has 0 fully saturated rings. The van der Waals surface area contributed by atoms with Gasteiger partial charge in [0.05, 0.1) is 14.2 Å². The molecule has 9 heteroatoms. The third-order valence-electron chi connectivity index (χ3n) is 4.21. The largest absolute Gasteiger partial charge is 0.467 e. The Kier molecular flexibility index (Phi) is 9.94. The molecule has 0 aliphatic heterocycles. The summed E-state index contributed by atoms with van der Waals surface area (Å²) in [4.78, 5) is 53.1. The molecule has 2 atom stereocenters. The second-order valence-electron chi connectivity index (χ2n) is 7.77. The van der Waals surface area contributed by atoms with Gasteiger partial charge in [-0.1, -0.05) is 33.8 Å². The minimum absolute atomic E-state index is 0.0289. The molecule has 2 amide bonds. The predicted octanol–water partition coefficient (Wildman–Crippen LogP) is 1.72. The molecule has 0 radical (unpaired) electrons. The number of hydrogen-bond acceptors (Lipinski definition) is 7. The van der Waals surface area contributed by atoms with Crippen LogP contribution in [0.1, 0.15) is 61.5 Å². The van der Waals surface area contributed by atoms with Gasteiger partial charge in [-0.25, -0.2) is 14.6 Å². The van der Waals surface area contributed by atoms with Crippen molar-refractivity contribution in [3.8, 4) is 0 Å². The maximum absolute atomic E-state index is 12.6. The van der Waals surface area contributed by atoms with Gasteiger partial charge in [0.15, 0.2) is 0 Å². The molecule has 1 heterocycles. The molecule has 0 aliphatic rings. The molecule has 0 aliphatic carbocycles. The highest BCUT2D eigenvalue weighted by atomic mass is 16.5. The lowest BCUT2D eigenvalue weighted by atomic mass is 10.0. The highest BCUT2D eigenvalue weighted by Gasteiger charge is 2.26. The molecule has 0 saturated heterocycles. The Morgan fingerprint density at radius 2 is 1.17 bits per heavy atom. The van der Waals surface area contributed by atoms with Crippen LogP contribution in [-0.4, -0.2) is 55.0 Å². The fourth-order valence-corrected chi connectivity index (χ4v) is 2.81. The van der Waals surface area contributed by atoms with Crippen LogP contribution in [0.4, 0.5) is 0 Å². The minimum atomic E-state index is -0.823. The van der Waals surface area contributed by atoms with Crippen LogP contribution < -0.4 is 10.6 Å². The first-order chi connectivity index (χ1) is 14.1. The minimum Gasteiger partial charge on any atom is -0.467 e. The Morgan fingerprint density at radius 3 is 1.47 bits per heavy atom. The quantitative estimate of drug-likeness (QED) is 0.551. The molecular weight excluding hydrogens is 390 g/mol. The summed E-state index contributed by atoms with van der Waals surface area (Å²) in [5.74, 6) is -2.02. The van der Waals surface area contributed by atoms with Gasteiger partial charge in [0.25, 0.3) is 11.8 Å². The zero-order chi connectivity index (χ0) is 22.8. The van der Waals surface area contributed by atoms with E-state index in [1.54, 1.807) is 0 Å². The second-order valence-corrected chi connectivity index (χ2v) is 7.77. The molecule has 1 rings (SSSR count). The van der Waals surface area contributed by atoms with E-state index in [0.29, 0.717) is 12.8 Å². The molecule has 9 nitrogen and oxygen atoms in total. The average Bonchev–Trinajstić information content (AvgIpc) is 2.70. The fourth-order valence-electron chi connectivity index (χ4n) is 2.81. The molecule has 0 aromatic carbocycles. The van der Waals surface area contributed by atoms with Crippen molar-refractivity contribution in [2.24, 2.45) is 11.8 Å². The normalized spacial score (nSPS) is 12.8. The number of ether oxygens (including phenoxy) is 2. The first-order valence-corrected chi connectivity index (χ1v) is 9.83. The first kappa shape index (κ1) is 25.1. The van der Waals surface area contributed by atoms with E-state index < -0.39 is 35.8 Å². The third kappa shape index (κ3) is 7.81. The van der Waals surface area contributed by atoms with Crippen molar-refractivity contribution in [1.82, 2.24) is 15.6 Å². The van der Waals surface area contributed by atoms with Gasteiger partial charge in [-0.05, 0) is 36.8 Å². The number of esters is 2. The molecule has 2 N–H and O–H groups in total. The van der Waals surface area contributed by atoms with Gasteiger partial charge in [-0.15, -0.1) is 0 Å². The van der Waals surface area contributed by atoms with E-state index in [9.17, 15) is 19.2 Å². The van der Waals surface area contributed by atoms with E-state index in [1.165, 1.54) is 32.4 Å². The number of hydrogen-bond donors (Lipinski definition) is 2. The summed E-state index contributed by atoms with van der Waals surface area (Å²) in [7, 11) is 2.50. The lowest BCUT2D eigenvalue weighted by Gasteiger charge is -2.19. The number of carbonyl (C=O) groups is 4. The lowest BCUT2D eigenvalue weighted by molar-refractivity contribution is -0.144. The van der Waals surface area contributed by atoms with Gasteiger partial charge in [0.2, 0.25) is 0 Å². The molecule has 1 aromatic rings. The Morgan fingerprint density at radius 1 is 0.800 bits per heavy atom. The van der Waals surface area contributed by atoms with Crippen molar-refractivity contribution in [2.45, 2.75) is 52.6 Å². The zero-order valence-corrected chi connectivity index (χ0v) is 18.4. The van der Waals surface area contributed by atoms with Crippen LogP contribution in [0.2, 0.25) is 0 Å². The maximum atomic E-state index is 12.6. The van der Waals surface area contributed by atoms with Crippen molar-refractivity contribution in [3.63, 3.8) is 0 Å². The molecule has 1 aromatic heterocycles. The number of nitrogens with zero attached hydrogens (tertiary/aromatic N) is 1. The summed E-state index contributed by atoms with van der Waals surface area (Å²) in [6.45, 7) is 7.67.